The van der Waals surface area contributed by atoms with Gasteiger partial charge >= 0.3 is 5.97 Å². The number of ether oxygens (including phenoxy) is 2. The van der Waals surface area contributed by atoms with Crippen molar-refractivity contribution in [2.45, 2.75) is 46.5 Å². The van der Waals surface area contributed by atoms with Crippen LogP contribution in [-0.4, -0.2) is 20.2 Å². The molecule has 5 nitrogen and oxygen atoms in total. The lowest BCUT2D eigenvalue weighted by atomic mass is 9.72. The van der Waals surface area contributed by atoms with Gasteiger partial charge in [-0.1, -0.05) is 20.8 Å². The molecule has 0 aromatic heterocycles. The van der Waals surface area contributed by atoms with Gasteiger partial charge in [0.2, 0.25) is 0 Å². The molecule has 0 saturated heterocycles. The maximum atomic E-state index is 12.1. The molecule has 1 aliphatic rings. The van der Waals surface area contributed by atoms with Crippen molar-refractivity contribution in [2.75, 3.05) is 14.2 Å². The molecule has 0 atom stereocenters. The molecular formula is C19H27O5. The van der Waals surface area contributed by atoms with Gasteiger partial charge in [-0.3, -0.25) is 4.89 Å². The lowest BCUT2D eigenvalue weighted by molar-refractivity contribution is -0.241. The van der Waals surface area contributed by atoms with E-state index in [-0.39, 0.29) is 0 Å². The summed E-state index contributed by atoms with van der Waals surface area (Å²) in [6.07, 6.45) is 4.63. The Labute approximate surface area is 144 Å². The quantitative estimate of drug-likeness (QED) is 0.583. The first-order valence-electron chi connectivity index (χ1n) is 8.30. The van der Waals surface area contributed by atoms with E-state index in [0.717, 1.165) is 31.8 Å². The minimum Gasteiger partial charge on any atom is -0.493 e. The van der Waals surface area contributed by atoms with Crippen molar-refractivity contribution in [1.82, 2.24) is 0 Å². The number of carbonyl (C=O) groups excluding carboxylic acids is 1. The van der Waals surface area contributed by atoms with Crippen molar-refractivity contribution in [1.29, 1.82) is 0 Å². The third-order valence-corrected chi connectivity index (χ3v) is 4.62. The van der Waals surface area contributed by atoms with E-state index < -0.39 is 5.97 Å². The summed E-state index contributed by atoms with van der Waals surface area (Å²) in [5.41, 5.74) is 0.665. The van der Waals surface area contributed by atoms with Gasteiger partial charge in [-0.15, -0.1) is 0 Å². The van der Waals surface area contributed by atoms with Crippen LogP contribution >= 0.6 is 0 Å². The molecule has 133 valence electrons. The summed E-state index contributed by atoms with van der Waals surface area (Å²) in [6, 6.07) is 4.86. The Kier molecular flexibility index (Phi) is 6.10. The van der Waals surface area contributed by atoms with E-state index in [0.29, 0.717) is 28.4 Å². The lowest BCUT2D eigenvalue weighted by Gasteiger charge is -2.35. The van der Waals surface area contributed by atoms with E-state index in [2.05, 4.69) is 20.8 Å². The number of methoxy groups -OCH3 is 2. The molecule has 0 aliphatic heterocycles. The third kappa shape index (κ3) is 4.63. The molecule has 0 heterocycles. The normalized spacial score (nSPS) is 16.7. The predicted octanol–water partition coefficient (Wildman–Crippen LogP) is 4.56. The zero-order chi connectivity index (χ0) is 17.7. The van der Waals surface area contributed by atoms with Gasteiger partial charge in [-0.2, -0.15) is 4.89 Å². The standard InChI is InChI=1S/C19H27O5/c1-19(2,3)14-7-9-15(10-8-14)23-24-18(20)13-6-11-16(21-4)17(12-13)22-5/h6,11-12,14H,7-10H2,1-5H3. The molecular weight excluding hydrogens is 308 g/mol. The van der Waals surface area contributed by atoms with E-state index >= 15 is 0 Å². The molecule has 1 aliphatic carbocycles. The van der Waals surface area contributed by atoms with Crippen LogP contribution in [-0.2, 0) is 9.78 Å². The summed E-state index contributed by atoms with van der Waals surface area (Å²) in [6.45, 7) is 6.79. The molecule has 1 aromatic carbocycles. The zero-order valence-corrected chi connectivity index (χ0v) is 15.2. The fourth-order valence-corrected chi connectivity index (χ4v) is 3.00. The molecule has 2 rings (SSSR count). The van der Waals surface area contributed by atoms with Crippen molar-refractivity contribution in [3.8, 4) is 11.5 Å². The molecule has 1 radical (unpaired) electrons. The van der Waals surface area contributed by atoms with E-state index in [1.807, 2.05) is 0 Å². The van der Waals surface area contributed by atoms with Crippen molar-refractivity contribution in [2.24, 2.45) is 11.3 Å². The minimum atomic E-state index is -0.540. The summed E-state index contributed by atoms with van der Waals surface area (Å²) in [5.74, 6) is 1.17. The fraction of sp³-hybridized carbons (Fsp3) is 0.579. The number of hydrogen-bond acceptors (Lipinski definition) is 5. The van der Waals surface area contributed by atoms with Gasteiger partial charge in [0.1, 0.15) is 6.10 Å². The van der Waals surface area contributed by atoms with Gasteiger partial charge in [-0.25, -0.2) is 4.79 Å². The van der Waals surface area contributed by atoms with E-state index in [1.54, 1.807) is 25.3 Å². The third-order valence-electron chi connectivity index (χ3n) is 4.62. The summed E-state index contributed by atoms with van der Waals surface area (Å²) >= 11 is 0. The average molecular weight is 335 g/mol. The Morgan fingerprint density at radius 2 is 1.67 bits per heavy atom. The van der Waals surface area contributed by atoms with Crippen LogP contribution in [0.25, 0.3) is 0 Å². The molecule has 5 heteroatoms. The lowest BCUT2D eigenvalue weighted by Crippen LogP contribution is -2.26. The molecule has 1 fully saturated rings. The Morgan fingerprint density at radius 1 is 1.04 bits per heavy atom. The van der Waals surface area contributed by atoms with Gasteiger partial charge < -0.3 is 9.47 Å². The second-order valence-electron chi connectivity index (χ2n) is 7.20. The highest BCUT2D eigenvalue weighted by Crippen LogP contribution is 2.41. The van der Waals surface area contributed by atoms with Crippen LogP contribution in [0.1, 0.15) is 56.8 Å². The first-order valence-corrected chi connectivity index (χ1v) is 8.30. The molecule has 0 unspecified atom stereocenters. The molecule has 0 spiro atoms. The average Bonchev–Trinajstić information content (AvgIpc) is 2.58. The highest BCUT2D eigenvalue weighted by atomic mass is 17.2. The van der Waals surface area contributed by atoms with Crippen LogP contribution in [0.5, 0.6) is 11.5 Å². The fourth-order valence-electron chi connectivity index (χ4n) is 3.00. The topological polar surface area (TPSA) is 54.0 Å². The molecule has 1 saturated carbocycles. The van der Waals surface area contributed by atoms with Crippen molar-refractivity contribution < 1.29 is 24.0 Å². The first-order chi connectivity index (χ1) is 11.3. The van der Waals surface area contributed by atoms with Gasteiger partial charge in [0.05, 0.1) is 19.8 Å². The molecule has 1 aromatic rings. The van der Waals surface area contributed by atoms with Crippen molar-refractivity contribution in [3.63, 3.8) is 0 Å². The SMILES string of the molecule is COc1ccc(C(=O)OO[C]2CCC(C(C)(C)C)CC2)cc1OC. The summed E-state index contributed by atoms with van der Waals surface area (Å²) < 4.78 is 10.3. The van der Waals surface area contributed by atoms with Crippen molar-refractivity contribution in [3.05, 3.63) is 29.9 Å². The zero-order valence-electron chi connectivity index (χ0n) is 15.2. The highest BCUT2D eigenvalue weighted by Gasteiger charge is 2.31. The minimum absolute atomic E-state index is 0.307. The van der Waals surface area contributed by atoms with Gasteiger partial charge in [-0.05, 0) is 55.2 Å². The summed E-state index contributed by atoms with van der Waals surface area (Å²) in [4.78, 5) is 22.4. The maximum Gasteiger partial charge on any atom is 0.373 e. The van der Waals surface area contributed by atoms with E-state index in [4.69, 9.17) is 19.2 Å². The van der Waals surface area contributed by atoms with Crippen LogP contribution < -0.4 is 9.47 Å². The molecule has 24 heavy (non-hydrogen) atoms. The number of hydrogen-bond donors (Lipinski definition) is 0. The molecule has 0 bridgehead atoms. The number of benzene rings is 1. The molecule has 0 amide bonds. The monoisotopic (exact) mass is 335 g/mol. The van der Waals surface area contributed by atoms with Gasteiger partial charge in [0, 0.05) is 0 Å². The van der Waals surface area contributed by atoms with Crippen molar-refractivity contribution >= 4 is 5.97 Å². The highest BCUT2D eigenvalue weighted by molar-refractivity contribution is 5.89. The van der Waals surface area contributed by atoms with E-state index in [1.165, 1.54) is 7.11 Å². The van der Waals surface area contributed by atoms with Crippen LogP contribution in [0.2, 0.25) is 0 Å². The smallest absolute Gasteiger partial charge is 0.373 e. The second-order valence-corrected chi connectivity index (χ2v) is 7.20. The largest absolute Gasteiger partial charge is 0.493 e. The first kappa shape index (κ1) is 18.6. The summed E-state index contributed by atoms with van der Waals surface area (Å²) in [7, 11) is 3.07. The molecule has 0 N–H and O–H groups in total. The number of rotatable bonds is 5. The summed E-state index contributed by atoms with van der Waals surface area (Å²) in [5, 5.41) is 0. The van der Waals surface area contributed by atoms with Crippen LogP contribution in [0, 0.1) is 17.4 Å². The van der Waals surface area contributed by atoms with Gasteiger partial charge in [0.15, 0.2) is 11.5 Å². The Hall–Kier alpha value is -1.75. The predicted molar refractivity (Wildman–Crippen MR) is 90.7 cm³/mol. The van der Waals surface area contributed by atoms with Crippen LogP contribution in [0.4, 0.5) is 0 Å². The van der Waals surface area contributed by atoms with E-state index in [9.17, 15) is 4.79 Å². The Balaban J connectivity index is 1.86. The maximum absolute atomic E-state index is 12.1. The van der Waals surface area contributed by atoms with Crippen LogP contribution in [0.15, 0.2) is 18.2 Å². The Bertz CT molecular complexity index is 553. The van der Waals surface area contributed by atoms with Gasteiger partial charge in [0.25, 0.3) is 0 Å². The number of carbonyl (C=O) groups is 1. The Morgan fingerprint density at radius 3 is 2.21 bits per heavy atom. The second kappa shape index (κ2) is 7.88. The van der Waals surface area contributed by atoms with Crippen LogP contribution in [0.3, 0.4) is 0 Å².